The molecule has 0 amide bonds. The Morgan fingerprint density at radius 2 is 2.00 bits per heavy atom. The first kappa shape index (κ1) is 12.9. The molecule has 0 aliphatic rings. The van der Waals surface area contributed by atoms with Gasteiger partial charge in [-0.2, -0.15) is 0 Å². The van der Waals surface area contributed by atoms with Crippen LogP contribution in [0.25, 0.3) is 5.69 Å². The number of pyridine rings is 1. The zero-order chi connectivity index (χ0) is 14.0. The largest absolute Gasteiger partial charge is 0.495 e. The van der Waals surface area contributed by atoms with Gasteiger partial charge in [0, 0.05) is 12.3 Å². The number of hydrogen-bond donors (Lipinski definition) is 1. The number of aromatic nitrogens is 1. The van der Waals surface area contributed by atoms with Gasteiger partial charge in [-0.3, -0.25) is 9.36 Å². The van der Waals surface area contributed by atoms with E-state index in [0.29, 0.717) is 11.4 Å². The SMILES string of the molecule is COc1ccc(C)cc1-n1cc(C(=O)O)ccc1=O. The van der Waals surface area contributed by atoms with Gasteiger partial charge in [0.1, 0.15) is 5.75 Å². The Bertz CT molecular complexity index is 688. The molecule has 98 valence electrons. The highest BCUT2D eigenvalue weighted by molar-refractivity contribution is 5.87. The van der Waals surface area contributed by atoms with Crippen molar-refractivity contribution in [1.82, 2.24) is 4.57 Å². The van der Waals surface area contributed by atoms with Crippen molar-refractivity contribution < 1.29 is 14.6 Å². The third kappa shape index (κ3) is 2.49. The molecule has 0 aliphatic carbocycles. The molecular formula is C14H13NO4. The molecule has 0 atom stereocenters. The topological polar surface area (TPSA) is 68.5 Å². The summed E-state index contributed by atoms with van der Waals surface area (Å²) in [5, 5.41) is 8.98. The fourth-order valence-corrected chi connectivity index (χ4v) is 1.79. The monoisotopic (exact) mass is 259 g/mol. The van der Waals surface area contributed by atoms with E-state index in [1.54, 1.807) is 12.1 Å². The molecular weight excluding hydrogens is 246 g/mol. The van der Waals surface area contributed by atoms with Crippen molar-refractivity contribution in [2.45, 2.75) is 6.92 Å². The Morgan fingerprint density at radius 3 is 2.63 bits per heavy atom. The number of rotatable bonds is 3. The maximum atomic E-state index is 11.9. The van der Waals surface area contributed by atoms with Gasteiger partial charge in [-0.1, -0.05) is 6.07 Å². The average molecular weight is 259 g/mol. The summed E-state index contributed by atoms with van der Waals surface area (Å²) in [7, 11) is 1.50. The quantitative estimate of drug-likeness (QED) is 0.913. The Balaban J connectivity index is 2.70. The number of aromatic carboxylic acids is 1. The van der Waals surface area contributed by atoms with E-state index in [-0.39, 0.29) is 11.1 Å². The molecule has 0 aliphatic heterocycles. The summed E-state index contributed by atoms with van der Waals surface area (Å²) >= 11 is 0. The van der Waals surface area contributed by atoms with Crippen molar-refractivity contribution >= 4 is 5.97 Å². The number of benzene rings is 1. The summed E-state index contributed by atoms with van der Waals surface area (Å²) in [6, 6.07) is 7.87. The third-order valence-electron chi connectivity index (χ3n) is 2.75. The molecule has 0 spiro atoms. The number of aryl methyl sites for hydroxylation is 1. The van der Waals surface area contributed by atoms with E-state index < -0.39 is 5.97 Å². The highest BCUT2D eigenvalue weighted by atomic mass is 16.5. The van der Waals surface area contributed by atoms with Crippen molar-refractivity contribution in [2.75, 3.05) is 7.11 Å². The zero-order valence-corrected chi connectivity index (χ0v) is 10.6. The third-order valence-corrected chi connectivity index (χ3v) is 2.75. The normalized spacial score (nSPS) is 10.2. The van der Waals surface area contributed by atoms with Gasteiger partial charge in [-0.05, 0) is 30.7 Å². The lowest BCUT2D eigenvalue weighted by atomic mass is 10.2. The fourth-order valence-electron chi connectivity index (χ4n) is 1.79. The summed E-state index contributed by atoms with van der Waals surface area (Å²) < 4.78 is 6.48. The molecule has 0 saturated heterocycles. The summed E-state index contributed by atoms with van der Waals surface area (Å²) in [5.74, 6) is -0.574. The second kappa shape index (κ2) is 4.97. The van der Waals surface area contributed by atoms with Crippen LogP contribution in [0.15, 0.2) is 41.3 Å². The van der Waals surface area contributed by atoms with Gasteiger partial charge < -0.3 is 9.84 Å². The van der Waals surface area contributed by atoms with E-state index in [4.69, 9.17) is 9.84 Å². The van der Waals surface area contributed by atoms with Crippen molar-refractivity contribution in [3.8, 4) is 11.4 Å². The van der Waals surface area contributed by atoms with Crippen LogP contribution < -0.4 is 10.3 Å². The molecule has 0 unspecified atom stereocenters. The number of carboxylic acid groups (broad SMARTS) is 1. The smallest absolute Gasteiger partial charge is 0.337 e. The Kier molecular flexibility index (Phi) is 3.37. The molecule has 1 heterocycles. The predicted octanol–water partition coefficient (Wildman–Crippen LogP) is 1.85. The van der Waals surface area contributed by atoms with Crippen LogP contribution in [0.2, 0.25) is 0 Å². The molecule has 19 heavy (non-hydrogen) atoms. The van der Waals surface area contributed by atoms with Gasteiger partial charge in [-0.25, -0.2) is 4.79 Å². The van der Waals surface area contributed by atoms with Crippen LogP contribution >= 0.6 is 0 Å². The van der Waals surface area contributed by atoms with Gasteiger partial charge in [-0.15, -0.1) is 0 Å². The van der Waals surface area contributed by atoms with Crippen LogP contribution in [0.5, 0.6) is 5.75 Å². The van der Waals surface area contributed by atoms with Crippen LogP contribution in [0.1, 0.15) is 15.9 Å². The van der Waals surface area contributed by atoms with E-state index in [9.17, 15) is 9.59 Å². The molecule has 2 aromatic rings. The standard InChI is InChI=1S/C14H13NO4/c1-9-3-5-12(19-2)11(7-9)15-8-10(14(17)18)4-6-13(15)16/h3-8H,1-2H3,(H,17,18). The Labute approximate surface area is 109 Å². The predicted molar refractivity (Wildman–Crippen MR) is 70.3 cm³/mol. The minimum absolute atomic E-state index is 0.0446. The molecule has 0 fully saturated rings. The van der Waals surface area contributed by atoms with Gasteiger partial charge >= 0.3 is 5.97 Å². The number of nitrogens with zero attached hydrogens (tertiary/aromatic N) is 1. The average Bonchev–Trinajstić information content (AvgIpc) is 2.39. The molecule has 5 nitrogen and oxygen atoms in total. The van der Waals surface area contributed by atoms with E-state index in [0.717, 1.165) is 5.56 Å². The second-order valence-electron chi connectivity index (χ2n) is 4.11. The minimum Gasteiger partial charge on any atom is -0.495 e. The highest BCUT2D eigenvalue weighted by Gasteiger charge is 2.10. The van der Waals surface area contributed by atoms with Crippen LogP contribution in [0, 0.1) is 6.92 Å². The second-order valence-corrected chi connectivity index (χ2v) is 4.11. The number of hydrogen-bond acceptors (Lipinski definition) is 3. The van der Waals surface area contributed by atoms with E-state index in [2.05, 4.69) is 0 Å². The highest BCUT2D eigenvalue weighted by Crippen LogP contribution is 2.22. The lowest BCUT2D eigenvalue weighted by Gasteiger charge is -2.12. The number of carboxylic acids is 1. The molecule has 2 rings (SSSR count). The molecule has 0 radical (unpaired) electrons. The first-order valence-corrected chi connectivity index (χ1v) is 5.64. The molecule has 1 aromatic carbocycles. The van der Waals surface area contributed by atoms with Crippen molar-refractivity contribution in [1.29, 1.82) is 0 Å². The molecule has 0 saturated carbocycles. The Hall–Kier alpha value is -2.56. The minimum atomic E-state index is -1.08. The van der Waals surface area contributed by atoms with Crippen molar-refractivity contribution in [2.24, 2.45) is 0 Å². The van der Waals surface area contributed by atoms with Crippen LogP contribution in [-0.4, -0.2) is 22.8 Å². The van der Waals surface area contributed by atoms with Crippen molar-refractivity contribution in [3.63, 3.8) is 0 Å². The fraction of sp³-hybridized carbons (Fsp3) is 0.143. The van der Waals surface area contributed by atoms with Gasteiger partial charge in [0.15, 0.2) is 0 Å². The van der Waals surface area contributed by atoms with Crippen LogP contribution in [-0.2, 0) is 0 Å². The summed E-state index contributed by atoms with van der Waals surface area (Å²) in [6.07, 6.45) is 1.29. The summed E-state index contributed by atoms with van der Waals surface area (Å²) in [5.41, 5.74) is 1.20. The lowest BCUT2D eigenvalue weighted by Crippen LogP contribution is -2.19. The zero-order valence-electron chi connectivity index (χ0n) is 10.6. The van der Waals surface area contributed by atoms with E-state index in [1.165, 1.54) is 30.0 Å². The first-order chi connectivity index (χ1) is 9.02. The molecule has 1 aromatic heterocycles. The number of ether oxygens (including phenoxy) is 1. The number of methoxy groups -OCH3 is 1. The summed E-state index contributed by atoms with van der Waals surface area (Å²) in [4.78, 5) is 22.9. The first-order valence-electron chi connectivity index (χ1n) is 5.64. The van der Waals surface area contributed by atoms with Gasteiger partial charge in [0.2, 0.25) is 0 Å². The van der Waals surface area contributed by atoms with Gasteiger partial charge in [0.05, 0.1) is 18.4 Å². The van der Waals surface area contributed by atoms with Crippen LogP contribution in [0.4, 0.5) is 0 Å². The molecule has 5 heteroatoms. The Morgan fingerprint density at radius 1 is 1.26 bits per heavy atom. The maximum Gasteiger partial charge on any atom is 0.337 e. The summed E-state index contributed by atoms with van der Waals surface area (Å²) in [6.45, 7) is 1.88. The molecule has 0 bridgehead atoms. The van der Waals surface area contributed by atoms with E-state index in [1.807, 2.05) is 13.0 Å². The number of carbonyl (C=O) groups is 1. The van der Waals surface area contributed by atoms with Gasteiger partial charge in [0.25, 0.3) is 5.56 Å². The molecule has 1 N–H and O–H groups in total. The van der Waals surface area contributed by atoms with Crippen molar-refractivity contribution in [3.05, 3.63) is 58.0 Å². The van der Waals surface area contributed by atoms with E-state index >= 15 is 0 Å². The lowest BCUT2D eigenvalue weighted by molar-refractivity contribution is 0.0696. The maximum absolute atomic E-state index is 11.9. The van der Waals surface area contributed by atoms with Crippen LogP contribution in [0.3, 0.4) is 0 Å².